The summed E-state index contributed by atoms with van der Waals surface area (Å²) >= 11 is 0. The zero-order valence-electron chi connectivity index (χ0n) is 15.6. The minimum absolute atomic E-state index is 0.380. The van der Waals surface area contributed by atoms with Crippen LogP contribution < -0.4 is 14.5 Å². The van der Waals surface area contributed by atoms with Crippen LogP contribution in [0.2, 0.25) is 0 Å². The number of hydrogen-bond donors (Lipinski definition) is 1. The standard InChI is InChI=1S/C20H25N5O/c1-4-15-11-21-19-18(15)20(23-13-22-19)24-8-9-25(14(2)12-24)16-6-5-7-17(10-16)26-3/h5-7,10-11,13-14H,4,8-9,12H2,1-3H3,(H,21,22,23). The summed E-state index contributed by atoms with van der Waals surface area (Å²) in [6.45, 7) is 7.25. The molecule has 26 heavy (non-hydrogen) atoms. The average molecular weight is 351 g/mol. The van der Waals surface area contributed by atoms with Gasteiger partial charge in [0.05, 0.1) is 12.5 Å². The minimum Gasteiger partial charge on any atom is -0.497 e. The maximum absolute atomic E-state index is 5.38. The van der Waals surface area contributed by atoms with Crippen LogP contribution in [0.25, 0.3) is 11.0 Å². The number of piperazine rings is 1. The Bertz CT molecular complexity index is 906. The molecule has 3 aromatic rings. The number of aryl methyl sites for hydroxylation is 1. The summed E-state index contributed by atoms with van der Waals surface area (Å²) in [5.74, 6) is 1.94. The van der Waals surface area contributed by atoms with Gasteiger partial charge in [-0.2, -0.15) is 0 Å². The molecule has 0 amide bonds. The van der Waals surface area contributed by atoms with Gasteiger partial charge in [-0.1, -0.05) is 13.0 Å². The lowest BCUT2D eigenvalue weighted by atomic mass is 10.1. The molecule has 1 aromatic carbocycles. The first kappa shape index (κ1) is 16.7. The Morgan fingerprint density at radius 2 is 2.15 bits per heavy atom. The molecule has 0 bridgehead atoms. The number of nitrogens with one attached hydrogen (secondary N) is 1. The molecule has 1 atom stereocenters. The Labute approximate surface area is 153 Å². The van der Waals surface area contributed by atoms with Crippen molar-refractivity contribution in [2.24, 2.45) is 0 Å². The summed E-state index contributed by atoms with van der Waals surface area (Å²) in [5.41, 5.74) is 3.41. The van der Waals surface area contributed by atoms with Gasteiger partial charge in [-0.3, -0.25) is 0 Å². The van der Waals surface area contributed by atoms with Crippen molar-refractivity contribution in [2.75, 3.05) is 36.5 Å². The lowest BCUT2D eigenvalue weighted by Crippen LogP contribution is -2.52. The van der Waals surface area contributed by atoms with Gasteiger partial charge >= 0.3 is 0 Å². The molecule has 6 heteroatoms. The number of fused-ring (bicyclic) bond motifs is 1. The second kappa shape index (κ2) is 6.86. The number of methoxy groups -OCH3 is 1. The number of benzene rings is 1. The first-order valence-electron chi connectivity index (χ1n) is 9.18. The fourth-order valence-corrected chi connectivity index (χ4v) is 3.85. The molecule has 0 radical (unpaired) electrons. The summed E-state index contributed by atoms with van der Waals surface area (Å²) in [4.78, 5) is 17.1. The van der Waals surface area contributed by atoms with E-state index in [4.69, 9.17) is 4.74 Å². The van der Waals surface area contributed by atoms with E-state index in [1.165, 1.54) is 11.3 Å². The summed E-state index contributed by atoms with van der Waals surface area (Å²) in [6, 6.07) is 8.68. The fourth-order valence-electron chi connectivity index (χ4n) is 3.85. The summed E-state index contributed by atoms with van der Waals surface area (Å²) in [7, 11) is 1.71. The van der Waals surface area contributed by atoms with Crippen molar-refractivity contribution in [3.63, 3.8) is 0 Å². The Kier molecular flexibility index (Phi) is 4.41. The molecule has 1 aliphatic rings. The third-order valence-electron chi connectivity index (χ3n) is 5.22. The summed E-state index contributed by atoms with van der Waals surface area (Å²) in [5, 5.41) is 1.16. The molecule has 136 valence electrons. The maximum atomic E-state index is 5.38. The molecule has 0 spiro atoms. The van der Waals surface area contributed by atoms with E-state index in [2.05, 4.69) is 63.0 Å². The van der Waals surface area contributed by atoms with Crippen molar-refractivity contribution >= 4 is 22.5 Å². The molecular weight excluding hydrogens is 326 g/mol. The van der Waals surface area contributed by atoms with Gasteiger partial charge in [0, 0.05) is 43.6 Å². The smallest absolute Gasteiger partial charge is 0.143 e. The molecule has 2 aromatic heterocycles. The van der Waals surface area contributed by atoms with Crippen molar-refractivity contribution in [2.45, 2.75) is 26.3 Å². The van der Waals surface area contributed by atoms with Gasteiger partial charge in [-0.25, -0.2) is 9.97 Å². The zero-order chi connectivity index (χ0) is 18.1. The quantitative estimate of drug-likeness (QED) is 0.782. The van der Waals surface area contributed by atoms with Gasteiger partial charge < -0.3 is 19.5 Å². The van der Waals surface area contributed by atoms with E-state index in [-0.39, 0.29) is 0 Å². The highest BCUT2D eigenvalue weighted by Crippen LogP contribution is 2.30. The van der Waals surface area contributed by atoms with Gasteiger partial charge in [-0.05, 0) is 31.0 Å². The number of aromatic nitrogens is 3. The van der Waals surface area contributed by atoms with Gasteiger partial charge in [-0.15, -0.1) is 0 Å². The van der Waals surface area contributed by atoms with E-state index in [9.17, 15) is 0 Å². The molecule has 1 fully saturated rings. The molecule has 4 rings (SSSR count). The lowest BCUT2D eigenvalue weighted by Gasteiger charge is -2.42. The summed E-state index contributed by atoms with van der Waals surface area (Å²) in [6.07, 6.45) is 4.69. The Hall–Kier alpha value is -2.76. The van der Waals surface area contributed by atoms with Crippen LogP contribution >= 0.6 is 0 Å². The van der Waals surface area contributed by atoms with Crippen LogP contribution in [0.15, 0.2) is 36.8 Å². The maximum Gasteiger partial charge on any atom is 0.143 e. The Balaban J connectivity index is 1.60. The van der Waals surface area contributed by atoms with Crippen molar-refractivity contribution in [3.05, 3.63) is 42.4 Å². The lowest BCUT2D eigenvalue weighted by molar-refractivity contribution is 0.414. The van der Waals surface area contributed by atoms with Crippen molar-refractivity contribution in [1.82, 2.24) is 15.0 Å². The molecular formula is C20H25N5O. The van der Waals surface area contributed by atoms with Crippen molar-refractivity contribution in [1.29, 1.82) is 0 Å². The molecule has 1 saturated heterocycles. The van der Waals surface area contributed by atoms with E-state index in [1.54, 1.807) is 13.4 Å². The third-order valence-corrected chi connectivity index (χ3v) is 5.22. The number of hydrogen-bond acceptors (Lipinski definition) is 5. The highest BCUT2D eigenvalue weighted by molar-refractivity contribution is 5.91. The fraction of sp³-hybridized carbons (Fsp3) is 0.400. The minimum atomic E-state index is 0.380. The highest BCUT2D eigenvalue weighted by Gasteiger charge is 2.26. The van der Waals surface area contributed by atoms with Crippen molar-refractivity contribution < 1.29 is 4.74 Å². The number of H-pyrrole nitrogens is 1. The largest absolute Gasteiger partial charge is 0.497 e. The number of ether oxygens (including phenoxy) is 1. The van der Waals surface area contributed by atoms with Crippen molar-refractivity contribution in [3.8, 4) is 5.75 Å². The SMILES string of the molecule is CCc1c[nH]c2ncnc(N3CCN(c4cccc(OC)c4)C(C)C3)c12. The number of nitrogens with zero attached hydrogens (tertiary/aromatic N) is 4. The van der Waals surface area contributed by atoms with Crippen LogP contribution in [0.5, 0.6) is 5.75 Å². The predicted molar refractivity (Wildman–Crippen MR) is 105 cm³/mol. The molecule has 6 nitrogen and oxygen atoms in total. The number of rotatable bonds is 4. The van der Waals surface area contributed by atoms with Crippen LogP contribution in [-0.4, -0.2) is 47.7 Å². The van der Waals surface area contributed by atoms with E-state index in [0.29, 0.717) is 6.04 Å². The van der Waals surface area contributed by atoms with E-state index < -0.39 is 0 Å². The van der Waals surface area contributed by atoms with Gasteiger partial charge in [0.2, 0.25) is 0 Å². The monoisotopic (exact) mass is 351 g/mol. The van der Waals surface area contributed by atoms with E-state index >= 15 is 0 Å². The molecule has 0 aliphatic carbocycles. The predicted octanol–water partition coefficient (Wildman–Crippen LogP) is 3.24. The Morgan fingerprint density at radius 3 is 2.92 bits per heavy atom. The summed E-state index contributed by atoms with van der Waals surface area (Å²) < 4.78 is 5.38. The van der Waals surface area contributed by atoms with Crippen LogP contribution in [0, 0.1) is 0 Å². The third kappa shape index (κ3) is 2.85. The average Bonchev–Trinajstić information content (AvgIpc) is 3.11. The van der Waals surface area contributed by atoms with Gasteiger partial charge in [0.25, 0.3) is 0 Å². The van der Waals surface area contributed by atoms with E-state index in [1.807, 2.05) is 6.07 Å². The Morgan fingerprint density at radius 1 is 1.27 bits per heavy atom. The molecule has 1 unspecified atom stereocenters. The number of anilines is 2. The second-order valence-electron chi connectivity index (χ2n) is 6.78. The number of aromatic amines is 1. The van der Waals surface area contributed by atoms with Crippen LogP contribution in [0.1, 0.15) is 19.4 Å². The topological polar surface area (TPSA) is 57.3 Å². The molecule has 1 aliphatic heterocycles. The molecule has 1 N–H and O–H groups in total. The van der Waals surface area contributed by atoms with E-state index in [0.717, 1.165) is 48.7 Å². The van der Waals surface area contributed by atoms with Gasteiger partial charge in [0.15, 0.2) is 0 Å². The molecule has 3 heterocycles. The second-order valence-corrected chi connectivity index (χ2v) is 6.78. The normalized spacial score (nSPS) is 17.7. The van der Waals surface area contributed by atoms with Crippen LogP contribution in [0.3, 0.4) is 0 Å². The highest BCUT2D eigenvalue weighted by atomic mass is 16.5. The van der Waals surface area contributed by atoms with Crippen LogP contribution in [-0.2, 0) is 6.42 Å². The molecule has 0 saturated carbocycles. The van der Waals surface area contributed by atoms with Crippen LogP contribution in [0.4, 0.5) is 11.5 Å². The first-order chi connectivity index (χ1) is 12.7. The first-order valence-corrected chi connectivity index (χ1v) is 9.18. The van der Waals surface area contributed by atoms with Gasteiger partial charge in [0.1, 0.15) is 23.5 Å². The zero-order valence-corrected chi connectivity index (χ0v) is 15.6.